The molecule has 3 heteroatoms. The third-order valence-electron chi connectivity index (χ3n) is 3.68. The van der Waals surface area contributed by atoms with Gasteiger partial charge in [0.1, 0.15) is 0 Å². The van der Waals surface area contributed by atoms with Crippen LogP contribution in [0.3, 0.4) is 0 Å². The first-order valence-electron chi connectivity index (χ1n) is 6.80. The van der Waals surface area contributed by atoms with E-state index in [1.54, 1.807) is 0 Å². The number of benzene rings is 1. The van der Waals surface area contributed by atoms with Crippen LogP contribution < -0.4 is 4.90 Å². The second-order valence-corrected chi connectivity index (χ2v) is 5.28. The summed E-state index contributed by atoms with van der Waals surface area (Å²) in [6, 6.07) is 7.59. The van der Waals surface area contributed by atoms with Crippen LogP contribution in [0.2, 0.25) is 5.02 Å². The summed E-state index contributed by atoms with van der Waals surface area (Å²) < 4.78 is 0. The molecule has 0 saturated heterocycles. The Morgan fingerprint density at radius 3 is 2.56 bits per heavy atom. The van der Waals surface area contributed by atoms with Crippen LogP contribution in [0.4, 0.5) is 5.69 Å². The maximum Gasteiger partial charge on any atom is 0.230 e. The summed E-state index contributed by atoms with van der Waals surface area (Å²) in [5.41, 5.74) is 0.845. The quantitative estimate of drug-likeness (QED) is 0.799. The van der Waals surface area contributed by atoms with Crippen molar-refractivity contribution >= 4 is 23.2 Å². The van der Waals surface area contributed by atoms with Gasteiger partial charge in [0.25, 0.3) is 0 Å². The number of rotatable bonds is 3. The lowest BCUT2D eigenvalue weighted by Gasteiger charge is -2.29. The molecular weight excluding hydrogens is 246 g/mol. The Bertz CT molecular complexity index is 413. The van der Waals surface area contributed by atoms with Gasteiger partial charge in [-0.2, -0.15) is 0 Å². The molecule has 1 aliphatic carbocycles. The minimum absolute atomic E-state index is 0.190. The highest BCUT2D eigenvalue weighted by atomic mass is 35.5. The Hall–Kier alpha value is -1.02. The van der Waals surface area contributed by atoms with Gasteiger partial charge < -0.3 is 4.90 Å². The van der Waals surface area contributed by atoms with Gasteiger partial charge in [-0.25, -0.2) is 0 Å². The first-order valence-corrected chi connectivity index (χ1v) is 7.17. The molecule has 1 aliphatic rings. The number of anilines is 1. The zero-order valence-electron chi connectivity index (χ0n) is 10.9. The molecule has 2 rings (SSSR count). The van der Waals surface area contributed by atoms with Gasteiger partial charge in [0.2, 0.25) is 5.91 Å². The topological polar surface area (TPSA) is 20.3 Å². The van der Waals surface area contributed by atoms with Crippen molar-refractivity contribution in [2.45, 2.75) is 39.0 Å². The molecule has 18 heavy (non-hydrogen) atoms. The van der Waals surface area contributed by atoms with E-state index >= 15 is 0 Å². The fourth-order valence-corrected chi connectivity index (χ4v) is 2.92. The molecule has 1 aromatic rings. The maximum absolute atomic E-state index is 12.5. The highest BCUT2D eigenvalue weighted by Gasteiger charge is 2.26. The Morgan fingerprint density at radius 2 is 1.94 bits per heavy atom. The van der Waals surface area contributed by atoms with Crippen molar-refractivity contribution in [3.8, 4) is 0 Å². The standard InChI is InChI=1S/C15H20ClNO/c1-2-17(14-11-7-6-10-13(14)16)15(18)12-8-4-3-5-9-12/h6-7,10-12H,2-5,8-9H2,1H3. The molecule has 0 aliphatic heterocycles. The van der Waals surface area contributed by atoms with E-state index in [2.05, 4.69) is 0 Å². The van der Waals surface area contributed by atoms with E-state index in [-0.39, 0.29) is 11.8 Å². The molecule has 1 fully saturated rings. The van der Waals surface area contributed by atoms with E-state index in [1.807, 2.05) is 36.1 Å². The molecule has 0 atom stereocenters. The van der Waals surface area contributed by atoms with E-state index < -0.39 is 0 Å². The van der Waals surface area contributed by atoms with Crippen molar-refractivity contribution in [3.63, 3.8) is 0 Å². The summed E-state index contributed by atoms with van der Waals surface area (Å²) in [5, 5.41) is 0.656. The van der Waals surface area contributed by atoms with Gasteiger partial charge in [-0.05, 0) is 31.9 Å². The van der Waals surface area contributed by atoms with Gasteiger partial charge in [0, 0.05) is 12.5 Å². The molecule has 1 saturated carbocycles. The van der Waals surface area contributed by atoms with Gasteiger partial charge in [0.05, 0.1) is 10.7 Å². The molecule has 0 radical (unpaired) electrons. The van der Waals surface area contributed by atoms with E-state index in [9.17, 15) is 4.79 Å². The molecule has 0 N–H and O–H groups in total. The number of halogens is 1. The monoisotopic (exact) mass is 265 g/mol. The highest BCUT2D eigenvalue weighted by molar-refractivity contribution is 6.33. The number of carbonyl (C=O) groups excluding carboxylic acids is 1. The highest BCUT2D eigenvalue weighted by Crippen LogP contribution is 2.30. The smallest absolute Gasteiger partial charge is 0.230 e. The molecule has 2 nitrogen and oxygen atoms in total. The molecule has 0 aromatic heterocycles. The Labute approximate surface area is 114 Å². The van der Waals surface area contributed by atoms with Crippen LogP contribution in [-0.2, 0) is 4.79 Å². The van der Waals surface area contributed by atoms with Gasteiger partial charge >= 0.3 is 0 Å². The summed E-state index contributed by atoms with van der Waals surface area (Å²) in [4.78, 5) is 14.4. The third kappa shape index (κ3) is 2.86. The SMILES string of the molecule is CCN(C(=O)C1CCCCC1)c1ccccc1Cl. The van der Waals surface area contributed by atoms with Crippen LogP contribution in [0.5, 0.6) is 0 Å². The van der Waals surface area contributed by atoms with Crippen LogP contribution in [0.15, 0.2) is 24.3 Å². The third-order valence-corrected chi connectivity index (χ3v) is 4.00. The number of carbonyl (C=O) groups is 1. The normalized spacial score (nSPS) is 16.6. The summed E-state index contributed by atoms with van der Waals surface area (Å²) in [5.74, 6) is 0.431. The van der Waals surface area contributed by atoms with Crippen LogP contribution in [0, 0.1) is 5.92 Å². The van der Waals surface area contributed by atoms with Crippen molar-refractivity contribution in [1.82, 2.24) is 0 Å². The Morgan fingerprint density at radius 1 is 1.28 bits per heavy atom. The van der Waals surface area contributed by atoms with Crippen molar-refractivity contribution in [1.29, 1.82) is 0 Å². The fraction of sp³-hybridized carbons (Fsp3) is 0.533. The van der Waals surface area contributed by atoms with E-state index in [4.69, 9.17) is 11.6 Å². The Kier molecular flexibility index (Phi) is 4.65. The van der Waals surface area contributed by atoms with Gasteiger partial charge in [-0.15, -0.1) is 0 Å². The number of hydrogen-bond acceptors (Lipinski definition) is 1. The molecule has 0 unspecified atom stereocenters. The lowest BCUT2D eigenvalue weighted by atomic mass is 9.88. The number of amides is 1. The van der Waals surface area contributed by atoms with E-state index in [1.165, 1.54) is 19.3 Å². The first kappa shape index (κ1) is 13.4. The number of para-hydroxylation sites is 1. The molecule has 0 spiro atoms. The van der Waals surface area contributed by atoms with Crippen LogP contribution in [-0.4, -0.2) is 12.5 Å². The lowest BCUT2D eigenvalue weighted by molar-refractivity contribution is -0.123. The minimum Gasteiger partial charge on any atom is -0.311 e. The van der Waals surface area contributed by atoms with Gasteiger partial charge in [-0.1, -0.05) is 43.0 Å². The second kappa shape index (κ2) is 6.24. The number of hydrogen-bond donors (Lipinski definition) is 0. The van der Waals surface area contributed by atoms with Crippen molar-refractivity contribution in [2.75, 3.05) is 11.4 Å². The lowest BCUT2D eigenvalue weighted by Crippen LogP contribution is -2.37. The average molecular weight is 266 g/mol. The minimum atomic E-state index is 0.190. The second-order valence-electron chi connectivity index (χ2n) is 4.87. The molecule has 98 valence electrons. The molecule has 0 heterocycles. The summed E-state index contributed by atoms with van der Waals surface area (Å²) in [7, 11) is 0. The fourth-order valence-electron chi connectivity index (χ4n) is 2.69. The molecule has 1 aromatic carbocycles. The summed E-state index contributed by atoms with van der Waals surface area (Å²) in [6.45, 7) is 2.68. The number of nitrogens with zero attached hydrogens (tertiary/aromatic N) is 1. The van der Waals surface area contributed by atoms with Crippen LogP contribution in [0.25, 0.3) is 0 Å². The largest absolute Gasteiger partial charge is 0.311 e. The zero-order valence-corrected chi connectivity index (χ0v) is 11.6. The van der Waals surface area contributed by atoms with E-state index in [0.717, 1.165) is 18.5 Å². The van der Waals surface area contributed by atoms with Crippen LogP contribution in [0.1, 0.15) is 39.0 Å². The van der Waals surface area contributed by atoms with E-state index in [0.29, 0.717) is 11.6 Å². The van der Waals surface area contributed by atoms with Crippen molar-refractivity contribution < 1.29 is 4.79 Å². The Balaban J connectivity index is 2.17. The van der Waals surface area contributed by atoms with Crippen molar-refractivity contribution in [3.05, 3.63) is 29.3 Å². The maximum atomic E-state index is 12.5. The van der Waals surface area contributed by atoms with Gasteiger partial charge in [-0.3, -0.25) is 4.79 Å². The molecular formula is C15H20ClNO. The molecule has 0 bridgehead atoms. The summed E-state index contributed by atoms with van der Waals surface area (Å²) >= 11 is 6.19. The average Bonchev–Trinajstić information content (AvgIpc) is 2.42. The predicted molar refractivity (Wildman–Crippen MR) is 76.1 cm³/mol. The van der Waals surface area contributed by atoms with Crippen molar-refractivity contribution in [2.24, 2.45) is 5.92 Å². The van der Waals surface area contributed by atoms with Gasteiger partial charge in [0.15, 0.2) is 0 Å². The molecule has 1 amide bonds. The predicted octanol–water partition coefficient (Wildman–Crippen LogP) is 4.27. The summed E-state index contributed by atoms with van der Waals surface area (Å²) in [6.07, 6.45) is 5.68. The van der Waals surface area contributed by atoms with Crippen LogP contribution >= 0.6 is 11.6 Å². The zero-order chi connectivity index (χ0) is 13.0. The first-order chi connectivity index (χ1) is 8.74.